The van der Waals surface area contributed by atoms with Crippen molar-refractivity contribution in [1.82, 2.24) is 0 Å². The smallest absolute Gasteiger partial charge is 0.321 e. The van der Waals surface area contributed by atoms with Gasteiger partial charge in [0.1, 0.15) is 42.3 Å². The van der Waals surface area contributed by atoms with Crippen LogP contribution in [-0.4, -0.2) is 202 Å². The molecule has 33 N–H and O–H groups in total. The van der Waals surface area contributed by atoms with Crippen LogP contribution in [0.1, 0.15) is 68.2 Å². The van der Waals surface area contributed by atoms with Gasteiger partial charge in [-0.1, -0.05) is 41.5 Å². The van der Waals surface area contributed by atoms with E-state index in [2.05, 4.69) is 48.2 Å². The molecule has 0 aliphatic rings. The Hall–Kier alpha value is -5.05. The van der Waals surface area contributed by atoms with E-state index >= 15 is 0 Å². The summed E-state index contributed by atoms with van der Waals surface area (Å²) in [6, 6.07) is -5.19. The Balaban J connectivity index is -0.0000000564. The molecule has 0 aromatic rings. The van der Waals surface area contributed by atoms with Gasteiger partial charge in [-0.25, -0.2) is 0 Å². The fourth-order valence-corrected chi connectivity index (χ4v) is 1.97. The van der Waals surface area contributed by atoms with Crippen molar-refractivity contribution >= 4 is 90.9 Å². The maximum absolute atomic E-state index is 10.1. The van der Waals surface area contributed by atoms with Crippen LogP contribution in [0, 0.1) is 17.8 Å². The van der Waals surface area contributed by atoms with Crippen molar-refractivity contribution in [3.05, 3.63) is 0 Å². The van der Waals surface area contributed by atoms with E-state index in [0.29, 0.717) is 24.7 Å². The van der Waals surface area contributed by atoms with Gasteiger partial charge in [0.25, 0.3) is 0 Å². The minimum Gasteiger partial charge on any atom is -0.480 e. The average Bonchev–Trinajstić information content (AvgIpc) is 3.26. The molecule has 1 radical (unpaired) electrons. The van der Waals surface area contributed by atoms with E-state index < -0.39 is 108 Å². The summed E-state index contributed by atoms with van der Waals surface area (Å²) in [6.45, 7) is 13.1. The van der Waals surface area contributed by atoms with Crippen LogP contribution < -0.4 is 63.1 Å². The summed E-state index contributed by atoms with van der Waals surface area (Å²) < 4.78 is 0. The second-order valence-electron chi connectivity index (χ2n) is 14.2. The molecule has 0 bridgehead atoms. The Labute approximate surface area is 444 Å². The summed E-state index contributed by atoms with van der Waals surface area (Å²) in [5.41, 5.74) is 53.4. The van der Waals surface area contributed by atoms with Gasteiger partial charge in [-0.2, -0.15) is 25.3 Å². The molecule has 0 aromatic carbocycles. The van der Waals surface area contributed by atoms with E-state index in [1.54, 1.807) is 13.8 Å². The van der Waals surface area contributed by atoms with E-state index in [0.717, 1.165) is 0 Å². The zero-order chi connectivity index (χ0) is 60.8. The van der Waals surface area contributed by atoms with E-state index in [4.69, 9.17) is 96.3 Å². The van der Waals surface area contributed by atoms with Crippen molar-refractivity contribution in [1.29, 1.82) is 0 Å². The molecule has 0 rings (SSSR count). The number of carbonyl (C=O) groups is 11. The summed E-state index contributed by atoms with van der Waals surface area (Å²) in [7, 11) is 0. The summed E-state index contributed by atoms with van der Waals surface area (Å²) in [4.78, 5) is 106. The molecule has 0 fully saturated rings. The Bertz CT molecular complexity index is 1340. The quantitative estimate of drug-likeness (QED) is 0.0450. The molecule has 0 unspecified atom stereocenters. The van der Waals surface area contributed by atoms with Gasteiger partial charge in [0.05, 0.1) is 26.2 Å². The zero-order valence-corrected chi connectivity index (χ0v) is 44.6. The third-order valence-electron chi connectivity index (χ3n) is 5.59. The molecule has 33 nitrogen and oxygen atoms in total. The number of aliphatic carboxylic acids is 11. The van der Waals surface area contributed by atoms with Gasteiger partial charge < -0.3 is 119 Å². The summed E-state index contributed by atoms with van der Waals surface area (Å²) in [5.74, 6) is -9.45. The van der Waals surface area contributed by atoms with E-state index in [9.17, 15) is 52.7 Å². The molecule has 7 atom stereocenters. The van der Waals surface area contributed by atoms with Gasteiger partial charge >= 0.3 is 65.7 Å². The second-order valence-corrected chi connectivity index (χ2v) is 14.9. The first-order chi connectivity index (χ1) is 32.4. The van der Waals surface area contributed by atoms with E-state index in [-0.39, 0.29) is 60.7 Å². The topological polar surface area (TPSA) is 697 Å². The summed E-state index contributed by atoms with van der Waals surface area (Å²) >= 11 is 7.30. The predicted octanol–water partition coefficient (Wildman–Crippen LogP) is -5.45. The van der Waals surface area contributed by atoms with Gasteiger partial charge in [0, 0.05) is 28.6 Å². The number of rotatable bonds is 18. The van der Waals surface area contributed by atoms with E-state index in [1.807, 2.05) is 27.7 Å². The van der Waals surface area contributed by atoms with Crippen LogP contribution >= 0.6 is 25.3 Å². The second kappa shape index (κ2) is 66.9. The molecule has 36 heteroatoms. The fraction of sp³-hybridized carbons (Fsp3) is 0.703. The molecule has 0 aliphatic carbocycles. The summed E-state index contributed by atoms with van der Waals surface area (Å²) in [5, 5.41) is 87.0. The minimum atomic E-state index is -1.00. The molecule has 73 heavy (non-hydrogen) atoms. The number of hydrogen-bond acceptors (Lipinski definition) is 24. The number of hydrogen-bond donors (Lipinski definition) is 24. The normalized spacial score (nSPS) is 11.8. The van der Waals surface area contributed by atoms with Crippen molar-refractivity contribution in [2.24, 2.45) is 80.8 Å². The molecular weight excluding hydrogens is 1080 g/mol. The Morgan fingerprint density at radius 2 is 0.493 bits per heavy atom. The Morgan fingerprint density at radius 3 is 0.507 bits per heavy atom. The molecule has 0 spiro atoms. The van der Waals surface area contributed by atoms with Crippen molar-refractivity contribution in [3.63, 3.8) is 0 Å². The molecular formula is C37H85CuN11O22S2. The number of thiol groups is 2. The number of carboxylic acids is 11. The summed E-state index contributed by atoms with van der Waals surface area (Å²) in [6.07, 6.45) is 1.10. The molecule has 0 aliphatic heterocycles. The van der Waals surface area contributed by atoms with Crippen molar-refractivity contribution in [3.8, 4) is 0 Å². The Kier molecular flexibility index (Phi) is 89.2. The first kappa shape index (κ1) is 97.3. The van der Waals surface area contributed by atoms with Gasteiger partial charge in [0.15, 0.2) is 0 Å². The molecule has 0 heterocycles. The van der Waals surface area contributed by atoms with Crippen LogP contribution in [-0.2, 0) is 69.8 Å². The number of nitrogens with two attached hydrogens (primary N) is 11. The first-order valence-corrected chi connectivity index (χ1v) is 21.4. The largest absolute Gasteiger partial charge is 0.480 e. The molecule has 0 saturated heterocycles. The Morgan fingerprint density at radius 1 is 0.342 bits per heavy atom. The zero-order valence-electron chi connectivity index (χ0n) is 41.9. The standard InChI is InChI=1S/2C6H13NO2.C5H11NO2.2C3H7NO2S.2C3H7NO2.4C2H5NO2.Cu/c2*1-4(2)3-5(7)6(8)9;1-3(2)4(6)5(7)8;2*4-2(1-7)3(5)6;2*1-2(4)3(5)6;4*3-1-2(4)5;/h2*4-5H,3,7H2,1-2H3,(H,8,9);3-4H,6H2,1-2H3,(H,7,8);2*2,7H,1,4H2,(H,5,6);2*2H,4H2,1H3,(H,5,6);4*1,3H2,(H,4,5);/t2*5-;4-;4*2-;;;;;/m0000000...../s1. The van der Waals surface area contributed by atoms with Crippen LogP contribution in [0.25, 0.3) is 0 Å². The van der Waals surface area contributed by atoms with Gasteiger partial charge in [-0.3, -0.25) is 52.7 Å². The molecule has 0 saturated carbocycles. The van der Waals surface area contributed by atoms with Crippen LogP contribution in [0.4, 0.5) is 0 Å². The maximum Gasteiger partial charge on any atom is 0.321 e. The van der Waals surface area contributed by atoms with Crippen molar-refractivity contribution < 1.29 is 126 Å². The average molecular weight is 1160 g/mol. The molecule has 0 amide bonds. The van der Waals surface area contributed by atoms with Gasteiger partial charge in [0.2, 0.25) is 0 Å². The minimum absolute atomic E-state index is 0. The van der Waals surface area contributed by atoms with Crippen LogP contribution in [0.15, 0.2) is 0 Å². The predicted molar refractivity (Wildman–Crippen MR) is 269 cm³/mol. The maximum atomic E-state index is 10.1. The first-order valence-electron chi connectivity index (χ1n) is 20.1. The third kappa shape index (κ3) is 128. The third-order valence-corrected chi connectivity index (χ3v) is 6.38. The van der Waals surface area contributed by atoms with Gasteiger partial charge in [-0.05, 0) is 44.4 Å². The molecule has 443 valence electrons. The van der Waals surface area contributed by atoms with Crippen LogP contribution in [0.2, 0.25) is 0 Å². The number of carboxylic acid groups (broad SMARTS) is 11. The van der Waals surface area contributed by atoms with Gasteiger partial charge in [-0.15, -0.1) is 0 Å². The molecule has 0 aromatic heterocycles. The monoisotopic (exact) mass is 1160 g/mol. The van der Waals surface area contributed by atoms with Crippen molar-refractivity contribution in [2.75, 3.05) is 37.7 Å². The SMILES string of the molecule is CC(C)C[C@H](N)C(=O)O.CC(C)C[C@H](N)C(=O)O.CC(C)[C@H](N)C(=O)O.C[C@H](N)C(=O)O.C[C@H](N)C(=O)O.NCC(=O)O.NCC(=O)O.NCC(=O)O.NCC(=O)O.N[C@@H](CS)C(=O)O.N[C@@H](CS)C(=O)O.[Cu]. The fourth-order valence-electron chi connectivity index (χ4n) is 1.66. The van der Waals surface area contributed by atoms with Crippen molar-refractivity contribution in [2.45, 2.75) is 111 Å². The van der Waals surface area contributed by atoms with E-state index in [1.165, 1.54) is 13.8 Å². The van der Waals surface area contributed by atoms with Crippen LogP contribution in [0.3, 0.4) is 0 Å². The van der Waals surface area contributed by atoms with Crippen LogP contribution in [0.5, 0.6) is 0 Å².